The van der Waals surface area contributed by atoms with E-state index in [0.717, 1.165) is 0 Å². The summed E-state index contributed by atoms with van der Waals surface area (Å²) in [6, 6.07) is -0.350. The molecule has 0 radical (unpaired) electrons. The highest BCUT2D eigenvalue weighted by Gasteiger charge is 2.42. The van der Waals surface area contributed by atoms with Crippen LogP contribution >= 0.6 is 15.9 Å². The van der Waals surface area contributed by atoms with Crippen molar-refractivity contribution in [2.45, 2.75) is 56.6 Å². The fourth-order valence-electron chi connectivity index (χ4n) is 2.20. The highest BCUT2D eigenvalue weighted by molar-refractivity contribution is 9.10. The maximum absolute atomic E-state index is 12.6. The monoisotopic (exact) mass is 329 g/mol. The molecular weight excluding hydrogens is 311 g/mol. The maximum Gasteiger partial charge on any atom is 0.391 e. The van der Waals surface area contributed by atoms with Gasteiger partial charge in [0.25, 0.3) is 0 Å². The topological polar surface area (TPSA) is 29.1 Å². The number of nitrogens with one attached hydrogen (secondary N) is 1. The standard InChI is InChI=1S/C12H19BrF3NO/c1-7(2)10(13)11(18)17-9-5-3-4-8(6-9)12(14,15)16/h7-10H,3-6H2,1-2H3,(H,17,18). The fraction of sp³-hybridized carbons (Fsp3) is 0.917. The smallest absolute Gasteiger partial charge is 0.352 e. The van der Waals surface area contributed by atoms with E-state index >= 15 is 0 Å². The van der Waals surface area contributed by atoms with Crippen LogP contribution in [0, 0.1) is 11.8 Å². The molecule has 0 aromatic heterocycles. The van der Waals surface area contributed by atoms with Crippen molar-refractivity contribution in [2.75, 3.05) is 0 Å². The summed E-state index contributed by atoms with van der Waals surface area (Å²) < 4.78 is 37.9. The first-order chi connectivity index (χ1) is 8.21. The van der Waals surface area contributed by atoms with E-state index in [-0.39, 0.29) is 35.5 Å². The van der Waals surface area contributed by atoms with E-state index in [4.69, 9.17) is 0 Å². The Morgan fingerprint density at radius 1 is 1.33 bits per heavy atom. The van der Waals surface area contributed by atoms with Gasteiger partial charge in [-0.25, -0.2) is 0 Å². The second-order valence-corrected chi connectivity index (χ2v) is 6.24. The number of carbonyl (C=O) groups excluding carboxylic acids is 1. The minimum Gasteiger partial charge on any atom is -0.352 e. The quantitative estimate of drug-likeness (QED) is 0.787. The summed E-state index contributed by atoms with van der Waals surface area (Å²) in [6.45, 7) is 3.77. The molecule has 0 spiro atoms. The molecule has 0 saturated heterocycles. The first kappa shape index (κ1) is 15.8. The van der Waals surface area contributed by atoms with Crippen LogP contribution in [0.25, 0.3) is 0 Å². The summed E-state index contributed by atoms with van der Waals surface area (Å²) in [5.74, 6) is -1.37. The molecule has 0 bridgehead atoms. The van der Waals surface area contributed by atoms with Crippen LogP contribution in [0.2, 0.25) is 0 Å². The molecule has 3 atom stereocenters. The van der Waals surface area contributed by atoms with Gasteiger partial charge in [0.1, 0.15) is 0 Å². The Hall–Kier alpha value is -0.260. The molecule has 6 heteroatoms. The lowest BCUT2D eigenvalue weighted by Gasteiger charge is -2.31. The molecule has 1 saturated carbocycles. The van der Waals surface area contributed by atoms with Crippen molar-refractivity contribution >= 4 is 21.8 Å². The SMILES string of the molecule is CC(C)C(Br)C(=O)NC1CCCC(C(F)(F)F)C1. The number of amides is 1. The molecule has 1 N–H and O–H groups in total. The maximum atomic E-state index is 12.6. The van der Waals surface area contributed by atoms with Gasteiger partial charge in [0.15, 0.2) is 0 Å². The molecule has 0 aromatic carbocycles. The second kappa shape index (κ2) is 6.26. The Labute approximate surface area is 114 Å². The number of alkyl halides is 4. The molecule has 1 aliphatic carbocycles. The van der Waals surface area contributed by atoms with E-state index in [1.807, 2.05) is 13.8 Å². The van der Waals surface area contributed by atoms with Crippen molar-refractivity contribution in [2.24, 2.45) is 11.8 Å². The summed E-state index contributed by atoms with van der Waals surface area (Å²) in [7, 11) is 0. The predicted molar refractivity (Wildman–Crippen MR) is 67.5 cm³/mol. The lowest BCUT2D eigenvalue weighted by molar-refractivity contribution is -0.184. The first-order valence-corrected chi connectivity index (χ1v) is 7.14. The summed E-state index contributed by atoms with van der Waals surface area (Å²) in [5, 5.41) is 2.72. The van der Waals surface area contributed by atoms with Crippen molar-refractivity contribution in [1.82, 2.24) is 5.32 Å². The van der Waals surface area contributed by atoms with Crippen LogP contribution < -0.4 is 5.32 Å². The van der Waals surface area contributed by atoms with Gasteiger partial charge in [0.05, 0.1) is 10.7 Å². The van der Waals surface area contributed by atoms with Gasteiger partial charge in [-0.05, 0) is 25.2 Å². The second-order valence-electron chi connectivity index (χ2n) is 5.26. The molecule has 106 valence electrons. The zero-order valence-corrected chi connectivity index (χ0v) is 12.1. The minimum atomic E-state index is -4.14. The van der Waals surface area contributed by atoms with E-state index in [1.165, 1.54) is 0 Å². The Morgan fingerprint density at radius 3 is 2.44 bits per heavy atom. The van der Waals surface area contributed by atoms with Gasteiger partial charge >= 0.3 is 6.18 Å². The number of rotatable bonds is 3. The molecule has 0 heterocycles. The Kier molecular flexibility index (Phi) is 5.49. The lowest BCUT2D eigenvalue weighted by Crippen LogP contribution is -2.45. The zero-order valence-electron chi connectivity index (χ0n) is 10.6. The van der Waals surface area contributed by atoms with Gasteiger partial charge in [-0.3, -0.25) is 4.79 Å². The van der Waals surface area contributed by atoms with E-state index in [2.05, 4.69) is 21.2 Å². The normalized spacial score (nSPS) is 27.1. The molecular formula is C12H19BrF3NO. The Bertz CT molecular complexity index is 294. The molecule has 0 aliphatic heterocycles. The summed E-state index contributed by atoms with van der Waals surface area (Å²) in [5.41, 5.74) is 0. The molecule has 2 nitrogen and oxygen atoms in total. The van der Waals surface area contributed by atoms with Crippen LogP contribution in [0.4, 0.5) is 13.2 Å². The van der Waals surface area contributed by atoms with Gasteiger partial charge in [0.2, 0.25) is 5.91 Å². The van der Waals surface area contributed by atoms with Crippen molar-refractivity contribution < 1.29 is 18.0 Å². The van der Waals surface area contributed by atoms with Gasteiger partial charge in [-0.15, -0.1) is 0 Å². The Morgan fingerprint density at radius 2 is 1.94 bits per heavy atom. The van der Waals surface area contributed by atoms with Crippen molar-refractivity contribution in [3.63, 3.8) is 0 Å². The predicted octanol–water partition coefficient (Wildman–Crippen LogP) is 3.64. The van der Waals surface area contributed by atoms with Crippen LogP contribution in [0.15, 0.2) is 0 Å². The highest BCUT2D eigenvalue weighted by Crippen LogP contribution is 2.37. The summed E-state index contributed by atoms with van der Waals surface area (Å²) >= 11 is 3.25. The largest absolute Gasteiger partial charge is 0.391 e. The van der Waals surface area contributed by atoms with Crippen molar-refractivity contribution in [1.29, 1.82) is 0 Å². The fourth-order valence-corrected chi connectivity index (χ4v) is 2.33. The first-order valence-electron chi connectivity index (χ1n) is 6.23. The van der Waals surface area contributed by atoms with E-state index in [1.54, 1.807) is 0 Å². The lowest BCUT2D eigenvalue weighted by atomic mass is 9.85. The average Bonchev–Trinajstić information content (AvgIpc) is 2.27. The minimum absolute atomic E-state index is 0.00700. The van der Waals surface area contributed by atoms with E-state index in [0.29, 0.717) is 12.8 Å². The van der Waals surface area contributed by atoms with Crippen molar-refractivity contribution in [3.8, 4) is 0 Å². The van der Waals surface area contributed by atoms with Crippen LogP contribution in [0.5, 0.6) is 0 Å². The highest BCUT2D eigenvalue weighted by atomic mass is 79.9. The third-order valence-corrected chi connectivity index (χ3v) is 4.79. The van der Waals surface area contributed by atoms with Crippen molar-refractivity contribution in [3.05, 3.63) is 0 Å². The zero-order chi connectivity index (χ0) is 13.9. The van der Waals surface area contributed by atoms with Gasteiger partial charge in [-0.2, -0.15) is 13.2 Å². The molecule has 1 fully saturated rings. The number of carbonyl (C=O) groups is 1. The third kappa shape index (κ3) is 4.44. The molecule has 1 rings (SSSR count). The molecule has 1 amide bonds. The van der Waals surface area contributed by atoms with E-state index < -0.39 is 12.1 Å². The van der Waals surface area contributed by atoms with Crippen LogP contribution in [0.3, 0.4) is 0 Å². The van der Waals surface area contributed by atoms with Crippen LogP contribution in [-0.2, 0) is 4.79 Å². The number of hydrogen-bond donors (Lipinski definition) is 1. The Balaban J connectivity index is 2.50. The average molecular weight is 330 g/mol. The molecule has 3 unspecified atom stereocenters. The molecule has 0 aromatic rings. The molecule has 18 heavy (non-hydrogen) atoms. The van der Waals surface area contributed by atoms with Gasteiger partial charge in [-0.1, -0.05) is 36.2 Å². The third-order valence-electron chi connectivity index (χ3n) is 3.32. The van der Waals surface area contributed by atoms with Gasteiger partial charge in [0, 0.05) is 6.04 Å². The number of hydrogen-bond acceptors (Lipinski definition) is 1. The summed E-state index contributed by atoms with van der Waals surface area (Å²) in [4.78, 5) is 11.4. The summed E-state index contributed by atoms with van der Waals surface area (Å²) in [6.07, 6.45) is -2.81. The van der Waals surface area contributed by atoms with Crippen LogP contribution in [-0.4, -0.2) is 23.0 Å². The van der Waals surface area contributed by atoms with Gasteiger partial charge < -0.3 is 5.32 Å². The molecule has 1 aliphatic rings. The van der Waals surface area contributed by atoms with Crippen LogP contribution in [0.1, 0.15) is 39.5 Å². The van der Waals surface area contributed by atoms with E-state index in [9.17, 15) is 18.0 Å². The number of halogens is 4.